The molecule has 0 bridgehead atoms. The van der Waals surface area contributed by atoms with Crippen LogP contribution in [0.3, 0.4) is 0 Å². The lowest BCUT2D eigenvalue weighted by atomic mass is 9.97. The van der Waals surface area contributed by atoms with Crippen LogP contribution in [0.25, 0.3) is 21.5 Å². The third-order valence-corrected chi connectivity index (χ3v) is 4.96. The van der Waals surface area contributed by atoms with E-state index in [1.165, 1.54) is 11.1 Å². The third kappa shape index (κ3) is 3.52. The number of hydrogen-bond acceptors (Lipinski definition) is 2. The first kappa shape index (κ1) is 17.2. The van der Waals surface area contributed by atoms with Gasteiger partial charge in [0, 0.05) is 11.1 Å². The van der Waals surface area contributed by atoms with E-state index >= 15 is 0 Å². The molecular formula is C25H20O2. The second kappa shape index (κ2) is 6.81. The zero-order chi connectivity index (χ0) is 19.0. The van der Waals surface area contributed by atoms with Crippen molar-refractivity contribution in [2.24, 2.45) is 0 Å². The van der Waals surface area contributed by atoms with Gasteiger partial charge in [0.15, 0.2) is 11.6 Å². The van der Waals surface area contributed by atoms with Crippen molar-refractivity contribution in [1.82, 2.24) is 0 Å². The fourth-order valence-corrected chi connectivity index (χ4v) is 3.43. The third-order valence-electron chi connectivity index (χ3n) is 4.96. The van der Waals surface area contributed by atoms with Crippen LogP contribution in [0, 0.1) is 13.8 Å². The van der Waals surface area contributed by atoms with Crippen molar-refractivity contribution < 1.29 is 9.59 Å². The van der Waals surface area contributed by atoms with Crippen molar-refractivity contribution in [2.75, 3.05) is 0 Å². The van der Waals surface area contributed by atoms with Crippen molar-refractivity contribution in [2.45, 2.75) is 20.3 Å². The van der Waals surface area contributed by atoms with E-state index in [-0.39, 0.29) is 18.0 Å². The fraction of sp³-hybridized carbons (Fsp3) is 0.120. The largest absolute Gasteiger partial charge is 0.294 e. The minimum Gasteiger partial charge on any atom is -0.294 e. The molecule has 0 spiro atoms. The SMILES string of the molecule is Cc1ccc2cc(C(=O)CC(=O)c3ccc4cc(C)ccc4c3)ccc2c1. The molecule has 0 heterocycles. The predicted octanol–water partition coefficient (Wildman–Crippen LogP) is 6.07. The Kier molecular flexibility index (Phi) is 4.33. The second-order valence-corrected chi connectivity index (χ2v) is 7.15. The van der Waals surface area contributed by atoms with Gasteiger partial charge >= 0.3 is 0 Å². The Balaban J connectivity index is 1.58. The van der Waals surface area contributed by atoms with Crippen molar-refractivity contribution >= 4 is 33.1 Å². The number of benzene rings is 4. The van der Waals surface area contributed by atoms with E-state index in [1.54, 1.807) is 12.1 Å². The highest BCUT2D eigenvalue weighted by Gasteiger charge is 2.14. The number of Topliss-reactive ketones (excluding diaryl/α,β-unsaturated/α-hetero) is 2. The maximum absolute atomic E-state index is 12.6. The summed E-state index contributed by atoms with van der Waals surface area (Å²) in [4.78, 5) is 25.3. The molecule has 4 aromatic rings. The standard InChI is InChI=1S/C25H20O2/c1-16-3-5-20-13-22(9-7-18(20)11-16)24(26)15-25(27)23-10-8-19-12-17(2)4-6-21(19)14-23/h3-14H,15H2,1-2H3. The number of ketones is 2. The second-order valence-electron chi connectivity index (χ2n) is 7.15. The topological polar surface area (TPSA) is 34.1 Å². The Morgan fingerprint density at radius 1 is 0.556 bits per heavy atom. The molecule has 0 aliphatic rings. The van der Waals surface area contributed by atoms with Crippen LogP contribution in [0.4, 0.5) is 0 Å². The maximum atomic E-state index is 12.6. The summed E-state index contributed by atoms with van der Waals surface area (Å²) in [5.74, 6) is -0.294. The number of fused-ring (bicyclic) bond motifs is 2. The molecule has 0 amide bonds. The van der Waals surface area contributed by atoms with Crippen molar-refractivity contribution in [3.05, 3.63) is 95.1 Å². The average Bonchev–Trinajstić information content (AvgIpc) is 2.67. The fourth-order valence-electron chi connectivity index (χ4n) is 3.43. The smallest absolute Gasteiger partial charge is 0.170 e. The molecule has 0 N–H and O–H groups in total. The zero-order valence-electron chi connectivity index (χ0n) is 15.5. The van der Waals surface area contributed by atoms with E-state index in [1.807, 2.05) is 62.4 Å². The van der Waals surface area contributed by atoms with E-state index in [0.29, 0.717) is 11.1 Å². The quantitative estimate of drug-likeness (QED) is 0.330. The summed E-state index contributed by atoms with van der Waals surface area (Å²) in [7, 11) is 0. The molecule has 2 heteroatoms. The summed E-state index contributed by atoms with van der Waals surface area (Å²) in [6.07, 6.45) is -0.116. The highest BCUT2D eigenvalue weighted by molar-refractivity contribution is 6.15. The molecule has 132 valence electrons. The lowest BCUT2D eigenvalue weighted by Gasteiger charge is -2.06. The molecule has 0 saturated heterocycles. The zero-order valence-corrected chi connectivity index (χ0v) is 15.5. The van der Waals surface area contributed by atoms with Crippen LogP contribution in [0.1, 0.15) is 38.3 Å². The van der Waals surface area contributed by atoms with E-state index in [0.717, 1.165) is 21.5 Å². The first-order chi connectivity index (χ1) is 13.0. The van der Waals surface area contributed by atoms with Gasteiger partial charge in [-0.3, -0.25) is 9.59 Å². The molecule has 27 heavy (non-hydrogen) atoms. The first-order valence-electron chi connectivity index (χ1n) is 9.07. The van der Waals surface area contributed by atoms with Gasteiger partial charge in [-0.1, -0.05) is 71.8 Å². The van der Waals surface area contributed by atoms with E-state index in [2.05, 4.69) is 12.1 Å². The van der Waals surface area contributed by atoms with Crippen LogP contribution in [0.5, 0.6) is 0 Å². The van der Waals surface area contributed by atoms with Crippen molar-refractivity contribution in [3.8, 4) is 0 Å². The first-order valence-corrected chi connectivity index (χ1v) is 9.07. The van der Waals surface area contributed by atoms with Crippen LogP contribution in [0.15, 0.2) is 72.8 Å². The number of hydrogen-bond donors (Lipinski definition) is 0. The molecular weight excluding hydrogens is 332 g/mol. The minimum atomic E-state index is -0.147. The Labute approximate surface area is 158 Å². The van der Waals surface area contributed by atoms with Gasteiger partial charge in [-0.15, -0.1) is 0 Å². The summed E-state index contributed by atoms with van der Waals surface area (Å²) in [5, 5.41) is 4.23. The summed E-state index contributed by atoms with van der Waals surface area (Å²) >= 11 is 0. The van der Waals surface area contributed by atoms with E-state index in [4.69, 9.17) is 0 Å². The highest BCUT2D eigenvalue weighted by atomic mass is 16.1. The van der Waals surface area contributed by atoms with Crippen molar-refractivity contribution in [1.29, 1.82) is 0 Å². The van der Waals surface area contributed by atoms with Gasteiger partial charge in [-0.05, 0) is 47.5 Å². The Morgan fingerprint density at radius 3 is 1.37 bits per heavy atom. The predicted molar refractivity (Wildman–Crippen MR) is 111 cm³/mol. The molecule has 2 nitrogen and oxygen atoms in total. The summed E-state index contributed by atoms with van der Waals surface area (Å²) in [5.41, 5.74) is 3.53. The number of carbonyl (C=O) groups is 2. The molecule has 0 saturated carbocycles. The van der Waals surface area contributed by atoms with Crippen LogP contribution < -0.4 is 0 Å². The molecule has 0 fully saturated rings. The maximum Gasteiger partial charge on any atom is 0.170 e. The van der Waals surface area contributed by atoms with Gasteiger partial charge in [0.1, 0.15) is 0 Å². The minimum absolute atomic E-state index is 0.116. The van der Waals surface area contributed by atoms with Gasteiger partial charge in [0.25, 0.3) is 0 Å². The van der Waals surface area contributed by atoms with Crippen LogP contribution >= 0.6 is 0 Å². The molecule has 0 unspecified atom stereocenters. The monoisotopic (exact) mass is 352 g/mol. The van der Waals surface area contributed by atoms with Gasteiger partial charge in [0.05, 0.1) is 6.42 Å². The number of aryl methyl sites for hydroxylation is 2. The van der Waals surface area contributed by atoms with E-state index in [9.17, 15) is 9.59 Å². The highest BCUT2D eigenvalue weighted by Crippen LogP contribution is 2.21. The summed E-state index contributed by atoms with van der Waals surface area (Å²) in [6.45, 7) is 4.09. The van der Waals surface area contributed by atoms with Gasteiger partial charge in [-0.2, -0.15) is 0 Å². The van der Waals surface area contributed by atoms with Gasteiger partial charge < -0.3 is 0 Å². The van der Waals surface area contributed by atoms with Crippen molar-refractivity contribution in [3.63, 3.8) is 0 Å². The Bertz CT molecular complexity index is 1110. The molecule has 0 aliphatic carbocycles. The molecule has 0 aromatic heterocycles. The lowest BCUT2D eigenvalue weighted by molar-refractivity contribution is 0.0894. The van der Waals surface area contributed by atoms with Gasteiger partial charge in [-0.25, -0.2) is 0 Å². The molecule has 4 aromatic carbocycles. The van der Waals surface area contributed by atoms with Crippen LogP contribution in [-0.2, 0) is 0 Å². The lowest BCUT2D eigenvalue weighted by Crippen LogP contribution is -2.08. The van der Waals surface area contributed by atoms with Crippen LogP contribution in [-0.4, -0.2) is 11.6 Å². The summed E-state index contributed by atoms with van der Waals surface area (Å²) < 4.78 is 0. The molecule has 0 radical (unpaired) electrons. The molecule has 4 rings (SSSR count). The summed E-state index contributed by atoms with van der Waals surface area (Å²) in [6, 6.07) is 23.5. The normalized spacial score (nSPS) is 11.0. The molecule has 0 atom stereocenters. The molecule has 0 aliphatic heterocycles. The Morgan fingerprint density at radius 2 is 0.926 bits per heavy atom. The number of rotatable bonds is 4. The Hall–Kier alpha value is -3.26. The average molecular weight is 352 g/mol. The van der Waals surface area contributed by atoms with Gasteiger partial charge in [0.2, 0.25) is 0 Å². The number of carbonyl (C=O) groups excluding carboxylic acids is 2. The van der Waals surface area contributed by atoms with E-state index < -0.39 is 0 Å². The van der Waals surface area contributed by atoms with Crippen LogP contribution in [0.2, 0.25) is 0 Å².